The van der Waals surface area contributed by atoms with Crippen LogP contribution < -0.4 is 4.74 Å². The molecule has 2 saturated carbocycles. The van der Waals surface area contributed by atoms with Crippen LogP contribution in [0.1, 0.15) is 58.1 Å². The summed E-state index contributed by atoms with van der Waals surface area (Å²) in [5.74, 6) is 1.72. The molecule has 1 aromatic carbocycles. The lowest BCUT2D eigenvalue weighted by atomic mass is 10.0. The fourth-order valence-corrected chi connectivity index (χ4v) is 6.46. The number of fused-ring (bicyclic) bond motifs is 1. The summed E-state index contributed by atoms with van der Waals surface area (Å²) in [4.78, 5) is 0. The molecule has 1 aromatic rings. The predicted molar refractivity (Wildman–Crippen MR) is 129 cm³/mol. The summed E-state index contributed by atoms with van der Waals surface area (Å²) in [7, 11) is -3.65. The molecule has 0 aromatic heterocycles. The Morgan fingerprint density at radius 2 is 1.59 bits per heavy atom. The molecule has 32 heavy (non-hydrogen) atoms. The van der Waals surface area contributed by atoms with Crippen LogP contribution in [0, 0.1) is 11.8 Å². The maximum absolute atomic E-state index is 11.5. The highest BCUT2D eigenvalue weighted by Crippen LogP contribution is 2.48. The van der Waals surface area contributed by atoms with Crippen molar-refractivity contribution >= 4 is 18.4 Å². The maximum atomic E-state index is 11.5. The SMILES string of the molecule is COc1ccccc1C(CO[Si](C)(C)C(C)(C)C)OC1C[C@@H]2CC(OS(C)(=O)=O)C[C@@H]2C1. The van der Waals surface area contributed by atoms with Gasteiger partial charge in [-0.15, -0.1) is 0 Å². The number of benzene rings is 1. The largest absolute Gasteiger partial charge is 0.496 e. The van der Waals surface area contributed by atoms with Gasteiger partial charge in [-0.2, -0.15) is 8.42 Å². The van der Waals surface area contributed by atoms with Crippen LogP contribution in [-0.2, 0) is 23.5 Å². The third-order valence-electron chi connectivity index (χ3n) is 7.48. The van der Waals surface area contributed by atoms with Gasteiger partial charge in [0.15, 0.2) is 8.32 Å². The first-order chi connectivity index (χ1) is 14.8. The molecule has 6 nitrogen and oxygen atoms in total. The van der Waals surface area contributed by atoms with Gasteiger partial charge in [-0.3, -0.25) is 4.18 Å². The Kier molecular flexibility index (Phi) is 7.82. The Morgan fingerprint density at radius 3 is 2.12 bits per heavy atom. The van der Waals surface area contributed by atoms with Gasteiger partial charge in [0.05, 0.1) is 32.2 Å². The third kappa shape index (κ3) is 6.35. The van der Waals surface area contributed by atoms with Crippen molar-refractivity contribution in [3.63, 3.8) is 0 Å². The van der Waals surface area contributed by atoms with E-state index in [1.165, 1.54) is 0 Å². The third-order valence-corrected chi connectivity index (χ3v) is 12.6. The molecular weight excluding hydrogens is 444 g/mol. The first kappa shape index (κ1) is 25.7. The molecule has 0 spiro atoms. The van der Waals surface area contributed by atoms with Gasteiger partial charge in [-0.25, -0.2) is 0 Å². The minimum absolute atomic E-state index is 0.122. The summed E-state index contributed by atoms with van der Waals surface area (Å²) in [6, 6.07) is 8.01. The molecule has 3 unspecified atom stereocenters. The highest BCUT2D eigenvalue weighted by molar-refractivity contribution is 7.86. The Morgan fingerprint density at radius 1 is 1.03 bits per heavy atom. The van der Waals surface area contributed by atoms with Crippen molar-refractivity contribution in [3.8, 4) is 5.75 Å². The van der Waals surface area contributed by atoms with Crippen LogP contribution >= 0.6 is 0 Å². The van der Waals surface area contributed by atoms with Gasteiger partial charge in [-0.1, -0.05) is 39.0 Å². The van der Waals surface area contributed by atoms with E-state index in [1.54, 1.807) is 7.11 Å². The van der Waals surface area contributed by atoms with Crippen molar-refractivity contribution in [2.24, 2.45) is 11.8 Å². The summed E-state index contributed by atoms with van der Waals surface area (Å²) in [6.07, 6.45) is 4.31. The van der Waals surface area contributed by atoms with Gasteiger partial charge in [0, 0.05) is 5.56 Å². The average Bonchev–Trinajstić information content (AvgIpc) is 3.20. The van der Waals surface area contributed by atoms with Crippen LogP contribution in [-0.4, -0.2) is 48.9 Å². The molecular formula is C24H40O6SSi. The van der Waals surface area contributed by atoms with Gasteiger partial charge in [0.25, 0.3) is 10.1 Å². The lowest BCUT2D eigenvalue weighted by Gasteiger charge is -2.37. The summed E-state index contributed by atoms with van der Waals surface area (Å²) in [6.45, 7) is 11.7. The first-order valence-electron chi connectivity index (χ1n) is 11.6. The molecule has 3 rings (SSSR count). The van der Waals surface area contributed by atoms with E-state index in [-0.39, 0.29) is 23.4 Å². The van der Waals surface area contributed by atoms with Crippen molar-refractivity contribution in [3.05, 3.63) is 29.8 Å². The molecule has 182 valence electrons. The Bertz CT molecular complexity index is 865. The summed E-state index contributed by atoms with van der Waals surface area (Å²) in [5, 5.41) is 0.122. The molecule has 0 bridgehead atoms. The van der Waals surface area contributed by atoms with E-state index < -0.39 is 18.4 Å². The van der Waals surface area contributed by atoms with Crippen molar-refractivity contribution in [2.45, 2.75) is 82.9 Å². The minimum Gasteiger partial charge on any atom is -0.496 e. The Balaban J connectivity index is 1.69. The van der Waals surface area contributed by atoms with Gasteiger partial charge in [0.1, 0.15) is 11.9 Å². The Labute approximate surface area is 195 Å². The van der Waals surface area contributed by atoms with Crippen LogP contribution in [0.5, 0.6) is 5.75 Å². The van der Waals surface area contributed by atoms with Crippen molar-refractivity contribution in [1.29, 1.82) is 0 Å². The normalized spacial score (nSPS) is 27.3. The van der Waals surface area contributed by atoms with Gasteiger partial charge >= 0.3 is 0 Å². The van der Waals surface area contributed by atoms with E-state index in [4.69, 9.17) is 18.1 Å². The van der Waals surface area contributed by atoms with E-state index in [1.807, 2.05) is 18.2 Å². The predicted octanol–water partition coefficient (Wildman–Crippen LogP) is 5.31. The molecule has 0 N–H and O–H groups in total. The highest BCUT2D eigenvalue weighted by Gasteiger charge is 2.45. The molecule has 2 aliphatic rings. The number of hydrogen-bond acceptors (Lipinski definition) is 6. The van der Waals surface area contributed by atoms with Crippen LogP contribution in [0.3, 0.4) is 0 Å². The average molecular weight is 485 g/mol. The molecule has 0 aliphatic heterocycles. The molecule has 0 amide bonds. The van der Waals surface area contributed by atoms with Crippen molar-refractivity contribution in [1.82, 2.24) is 0 Å². The van der Waals surface area contributed by atoms with Crippen LogP contribution in [0.2, 0.25) is 18.1 Å². The monoisotopic (exact) mass is 484 g/mol. The van der Waals surface area contributed by atoms with Gasteiger partial charge < -0.3 is 13.9 Å². The molecule has 0 saturated heterocycles. The van der Waals surface area contributed by atoms with Crippen LogP contribution in [0.15, 0.2) is 24.3 Å². The highest BCUT2D eigenvalue weighted by atomic mass is 32.2. The quantitative estimate of drug-likeness (QED) is 0.349. The van der Waals surface area contributed by atoms with Crippen molar-refractivity contribution in [2.75, 3.05) is 20.0 Å². The summed E-state index contributed by atoms with van der Waals surface area (Å²) in [5.41, 5.74) is 1.02. The zero-order valence-electron chi connectivity index (χ0n) is 20.6. The van der Waals surface area contributed by atoms with Gasteiger partial charge in [-0.05, 0) is 61.7 Å². The zero-order valence-corrected chi connectivity index (χ0v) is 22.4. The van der Waals surface area contributed by atoms with Gasteiger partial charge in [0.2, 0.25) is 0 Å². The molecule has 0 radical (unpaired) electrons. The fraction of sp³-hybridized carbons (Fsp3) is 0.750. The lowest BCUT2D eigenvalue weighted by molar-refractivity contribution is -0.0401. The fourth-order valence-electron chi connectivity index (χ4n) is 4.81. The molecule has 5 atom stereocenters. The summed E-state index contributed by atoms with van der Waals surface area (Å²) < 4.78 is 47.1. The second-order valence-electron chi connectivity index (χ2n) is 10.9. The zero-order chi connectivity index (χ0) is 23.7. The second kappa shape index (κ2) is 9.74. The number of methoxy groups -OCH3 is 1. The molecule has 2 fully saturated rings. The molecule has 2 aliphatic carbocycles. The topological polar surface area (TPSA) is 71.1 Å². The van der Waals surface area contributed by atoms with E-state index >= 15 is 0 Å². The number of rotatable bonds is 9. The molecule has 8 heteroatoms. The number of hydrogen-bond donors (Lipinski definition) is 0. The van der Waals surface area contributed by atoms with E-state index in [0.717, 1.165) is 43.3 Å². The number of para-hydroxylation sites is 1. The van der Waals surface area contributed by atoms with E-state index in [0.29, 0.717) is 18.4 Å². The second-order valence-corrected chi connectivity index (χ2v) is 17.4. The van der Waals surface area contributed by atoms with E-state index in [9.17, 15) is 8.42 Å². The van der Waals surface area contributed by atoms with Crippen LogP contribution in [0.25, 0.3) is 0 Å². The number of ether oxygens (including phenoxy) is 2. The molecule has 0 heterocycles. The van der Waals surface area contributed by atoms with Crippen molar-refractivity contribution < 1.29 is 26.5 Å². The minimum atomic E-state index is -3.41. The lowest BCUT2D eigenvalue weighted by Crippen LogP contribution is -2.42. The van der Waals surface area contributed by atoms with E-state index in [2.05, 4.69) is 39.9 Å². The summed E-state index contributed by atoms with van der Waals surface area (Å²) >= 11 is 0. The smallest absolute Gasteiger partial charge is 0.264 e. The first-order valence-corrected chi connectivity index (χ1v) is 16.3. The Hall–Kier alpha value is -0.933. The van der Waals surface area contributed by atoms with Crippen LogP contribution in [0.4, 0.5) is 0 Å². The standard InChI is InChI=1S/C24H40O6SSi/c1-24(2,3)32(6,7)28-16-23(21-10-8-9-11-22(21)27-4)29-19-12-17-14-20(15-18(17)13-19)30-31(5,25)26/h8-11,17-20,23H,12-16H2,1-7H3/t17-,18+,19?,20?,23?. The maximum Gasteiger partial charge on any atom is 0.264 e.